The Hall–Kier alpha value is -3.40. The molecular weight excluding hydrogens is 479 g/mol. The number of nitrogens with zero attached hydrogens (tertiary/aromatic N) is 1. The Morgan fingerprint density at radius 3 is 2.61 bits per heavy atom. The fourth-order valence-electron chi connectivity index (χ4n) is 4.65. The summed E-state index contributed by atoms with van der Waals surface area (Å²) >= 11 is 1.03. The molecule has 0 unspecified atom stereocenters. The molecule has 0 spiro atoms. The van der Waals surface area contributed by atoms with Crippen LogP contribution in [0.5, 0.6) is 0 Å². The quantitative estimate of drug-likeness (QED) is 0.289. The van der Waals surface area contributed by atoms with Crippen molar-refractivity contribution in [2.45, 2.75) is 46.2 Å². The van der Waals surface area contributed by atoms with Gasteiger partial charge in [-0.2, -0.15) is 0 Å². The van der Waals surface area contributed by atoms with Crippen molar-refractivity contribution in [3.8, 4) is 11.1 Å². The van der Waals surface area contributed by atoms with E-state index >= 15 is 0 Å². The maximum absolute atomic E-state index is 14.8. The predicted molar refractivity (Wildman–Crippen MR) is 143 cm³/mol. The molecule has 1 fully saturated rings. The van der Waals surface area contributed by atoms with E-state index in [1.54, 1.807) is 30.5 Å². The van der Waals surface area contributed by atoms with Gasteiger partial charge in [0, 0.05) is 36.0 Å². The zero-order chi connectivity index (χ0) is 25.6. The number of benzene rings is 2. The molecule has 4 aromatic rings. The molecule has 4 N–H and O–H groups in total. The average molecular weight is 507 g/mol. The van der Waals surface area contributed by atoms with Crippen molar-refractivity contribution in [2.24, 2.45) is 5.14 Å². The van der Waals surface area contributed by atoms with Crippen LogP contribution in [-0.2, 0) is 6.54 Å². The van der Waals surface area contributed by atoms with Crippen LogP contribution in [0.15, 0.2) is 56.5 Å². The highest BCUT2D eigenvalue weighted by Crippen LogP contribution is 2.40. The standard InChI is InChI=1S/C27H27FN4O3S/c1-14-7-10-21(20(28)11-14)31-24-15(2)27(34)35-25-22(18-6-4-5-17(12-18)13-30-36-29)16(3)32(19-8-9-19)26(33)23(24)25/h4-7,10-12,19,30-31H,8-9,13,29H2,1-3H3. The lowest BCUT2D eigenvalue weighted by molar-refractivity contribution is 0.553. The number of aryl methyl sites for hydroxylation is 1. The van der Waals surface area contributed by atoms with Crippen molar-refractivity contribution in [2.75, 3.05) is 5.32 Å². The number of nitrogens with one attached hydrogen (secondary N) is 2. The molecule has 186 valence electrons. The molecule has 1 aliphatic carbocycles. The summed E-state index contributed by atoms with van der Waals surface area (Å²) in [6.45, 7) is 5.79. The lowest BCUT2D eigenvalue weighted by Crippen LogP contribution is -2.25. The monoisotopic (exact) mass is 506 g/mol. The van der Waals surface area contributed by atoms with E-state index in [1.165, 1.54) is 6.07 Å². The maximum atomic E-state index is 14.8. The number of anilines is 2. The van der Waals surface area contributed by atoms with Crippen LogP contribution < -0.4 is 26.4 Å². The Bertz CT molecular complexity index is 1610. The first-order chi connectivity index (χ1) is 17.3. The third-order valence-electron chi connectivity index (χ3n) is 6.61. The zero-order valence-corrected chi connectivity index (χ0v) is 21.1. The largest absolute Gasteiger partial charge is 0.421 e. The number of hydrogen-bond donors (Lipinski definition) is 3. The van der Waals surface area contributed by atoms with E-state index in [-0.39, 0.29) is 39.5 Å². The maximum Gasteiger partial charge on any atom is 0.341 e. The Labute approximate surface area is 211 Å². The van der Waals surface area contributed by atoms with Crippen molar-refractivity contribution >= 4 is 34.5 Å². The van der Waals surface area contributed by atoms with Gasteiger partial charge in [-0.15, -0.1) is 0 Å². The van der Waals surface area contributed by atoms with Gasteiger partial charge < -0.3 is 14.3 Å². The smallest absolute Gasteiger partial charge is 0.341 e. The van der Waals surface area contributed by atoms with E-state index in [1.807, 2.05) is 31.2 Å². The molecule has 1 saturated carbocycles. The van der Waals surface area contributed by atoms with Crippen LogP contribution in [0, 0.1) is 26.6 Å². The van der Waals surface area contributed by atoms with Gasteiger partial charge in [0.05, 0.1) is 16.9 Å². The summed E-state index contributed by atoms with van der Waals surface area (Å²) in [6, 6.07) is 12.6. The van der Waals surface area contributed by atoms with Gasteiger partial charge in [-0.25, -0.2) is 13.9 Å². The first-order valence-electron chi connectivity index (χ1n) is 11.7. The minimum Gasteiger partial charge on any atom is -0.421 e. The third kappa shape index (κ3) is 4.34. The Balaban J connectivity index is 1.82. The SMILES string of the molecule is Cc1ccc(Nc2c(C)c(=O)oc3c(-c4cccc(CNSN)c4)c(C)n(C4CC4)c(=O)c23)c(F)c1. The Morgan fingerprint density at radius 1 is 1.14 bits per heavy atom. The molecule has 9 heteroatoms. The van der Waals surface area contributed by atoms with Gasteiger partial charge in [0.1, 0.15) is 11.2 Å². The molecular formula is C27H27FN4O3S. The van der Waals surface area contributed by atoms with Crippen LogP contribution in [0.2, 0.25) is 0 Å². The third-order valence-corrected chi connectivity index (χ3v) is 6.92. The second-order valence-electron chi connectivity index (χ2n) is 9.21. The summed E-state index contributed by atoms with van der Waals surface area (Å²) in [5.41, 5.74) is 3.98. The number of aromatic nitrogens is 1. The van der Waals surface area contributed by atoms with Gasteiger partial charge in [0.2, 0.25) is 0 Å². The molecule has 0 radical (unpaired) electrons. The van der Waals surface area contributed by atoms with Gasteiger partial charge in [-0.05, 0) is 68.5 Å². The van der Waals surface area contributed by atoms with Crippen LogP contribution in [-0.4, -0.2) is 4.57 Å². The van der Waals surface area contributed by atoms with E-state index < -0.39 is 11.4 Å². The molecule has 5 rings (SSSR count). The Morgan fingerprint density at radius 2 is 1.92 bits per heavy atom. The predicted octanol–water partition coefficient (Wildman–Crippen LogP) is 5.38. The van der Waals surface area contributed by atoms with Gasteiger partial charge in [0.15, 0.2) is 5.58 Å². The highest BCUT2D eigenvalue weighted by molar-refractivity contribution is 7.95. The average Bonchev–Trinajstić information content (AvgIpc) is 3.67. The molecule has 2 aromatic carbocycles. The molecule has 0 bridgehead atoms. The van der Waals surface area contributed by atoms with Crippen LogP contribution in [0.25, 0.3) is 22.1 Å². The number of pyridine rings is 1. The van der Waals surface area contributed by atoms with Crippen molar-refractivity contribution < 1.29 is 8.81 Å². The summed E-state index contributed by atoms with van der Waals surface area (Å²) in [7, 11) is 0. The molecule has 0 amide bonds. The second kappa shape index (κ2) is 9.57. The lowest BCUT2D eigenvalue weighted by Gasteiger charge is -2.19. The minimum absolute atomic E-state index is 0.0790. The highest BCUT2D eigenvalue weighted by atomic mass is 32.2. The first-order valence-corrected chi connectivity index (χ1v) is 12.6. The number of hydrogen-bond acceptors (Lipinski definition) is 7. The second-order valence-corrected chi connectivity index (χ2v) is 9.73. The molecule has 7 nitrogen and oxygen atoms in total. The van der Waals surface area contributed by atoms with Gasteiger partial charge in [0.25, 0.3) is 5.56 Å². The van der Waals surface area contributed by atoms with Crippen molar-refractivity contribution in [3.05, 3.63) is 91.4 Å². The van der Waals surface area contributed by atoms with Crippen LogP contribution in [0.1, 0.15) is 41.3 Å². The van der Waals surface area contributed by atoms with Crippen LogP contribution >= 0.6 is 12.1 Å². The summed E-state index contributed by atoms with van der Waals surface area (Å²) in [5, 5.41) is 8.79. The number of rotatable bonds is 7. The number of fused-ring (bicyclic) bond motifs is 1. The fourth-order valence-corrected chi connectivity index (χ4v) is 4.90. The van der Waals surface area contributed by atoms with Gasteiger partial charge >= 0.3 is 5.63 Å². The molecule has 0 aliphatic heterocycles. The van der Waals surface area contributed by atoms with E-state index in [0.29, 0.717) is 12.1 Å². The highest BCUT2D eigenvalue weighted by Gasteiger charge is 2.31. The molecule has 0 saturated heterocycles. The van der Waals surface area contributed by atoms with Crippen molar-refractivity contribution in [1.82, 2.24) is 9.29 Å². The molecule has 36 heavy (non-hydrogen) atoms. The zero-order valence-electron chi connectivity index (χ0n) is 20.3. The van der Waals surface area contributed by atoms with Crippen LogP contribution in [0.3, 0.4) is 0 Å². The van der Waals surface area contributed by atoms with E-state index in [9.17, 15) is 14.0 Å². The van der Waals surface area contributed by atoms with Gasteiger partial charge in [-0.1, -0.05) is 24.3 Å². The molecule has 0 atom stereocenters. The van der Waals surface area contributed by atoms with Crippen LogP contribution in [0.4, 0.5) is 15.8 Å². The minimum atomic E-state index is -0.584. The first kappa shape index (κ1) is 24.3. The lowest BCUT2D eigenvalue weighted by atomic mass is 9.98. The topological polar surface area (TPSA) is 102 Å². The number of nitrogens with two attached hydrogens (primary N) is 1. The summed E-state index contributed by atoms with van der Waals surface area (Å²) in [5.74, 6) is -0.469. The van der Waals surface area contributed by atoms with Gasteiger partial charge in [-0.3, -0.25) is 9.93 Å². The summed E-state index contributed by atoms with van der Waals surface area (Å²) in [4.78, 5) is 26.9. The Kier molecular flexibility index (Phi) is 6.46. The summed E-state index contributed by atoms with van der Waals surface area (Å²) < 4.78 is 25.4. The fraction of sp³-hybridized carbons (Fsp3) is 0.259. The number of halogens is 1. The van der Waals surface area contributed by atoms with Crippen molar-refractivity contribution in [1.29, 1.82) is 0 Å². The van der Waals surface area contributed by atoms with E-state index in [0.717, 1.165) is 47.4 Å². The molecule has 1 aliphatic rings. The van der Waals surface area contributed by atoms with E-state index in [4.69, 9.17) is 9.56 Å². The molecule has 2 heterocycles. The normalized spacial score (nSPS) is 13.4. The molecule has 2 aromatic heterocycles. The van der Waals surface area contributed by atoms with Crippen molar-refractivity contribution in [3.63, 3.8) is 0 Å². The van der Waals surface area contributed by atoms with E-state index in [2.05, 4.69) is 10.0 Å². The summed E-state index contributed by atoms with van der Waals surface area (Å²) in [6.07, 6.45) is 1.79.